The van der Waals surface area contributed by atoms with Gasteiger partial charge in [-0.3, -0.25) is 0 Å². The topological polar surface area (TPSA) is 55.5 Å². The molecule has 0 bridgehead atoms. The first kappa shape index (κ1) is 11.6. The Kier molecular flexibility index (Phi) is 3.33. The first-order chi connectivity index (χ1) is 7.61. The van der Waals surface area contributed by atoms with Gasteiger partial charge in [-0.2, -0.15) is 0 Å². The van der Waals surface area contributed by atoms with Gasteiger partial charge in [-0.05, 0) is 25.0 Å². The van der Waals surface area contributed by atoms with Crippen molar-refractivity contribution in [1.29, 1.82) is 0 Å². The van der Waals surface area contributed by atoms with E-state index in [0.29, 0.717) is 11.3 Å². The van der Waals surface area contributed by atoms with Gasteiger partial charge in [-0.15, -0.1) is 0 Å². The molecule has 3 N–H and O–H groups in total. The molecule has 1 atom stereocenters. The molecule has 5 heteroatoms. The minimum Gasteiger partial charge on any atom is -0.488 e. The molecule has 3 nitrogen and oxygen atoms in total. The van der Waals surface area contributed by atoms with Crippen LogP contribution in [0.25, 0.3) is 0 Å². The summed E-state index contributed by atoms with van der Waals surface area (Å²) < 4.78 is 18.7. The highest BCUT2D eigenvalue weighted by Gasteiger charge is 2.27. The molecule has 1 aromatic rings. The summed E-state index contributed by atoms with van der Waals surface area (Å²) in [4.78, 5) is 0. The van der Waals surface area contributed by atoms with Crippen molar-refractivity contribution >= 4 is 11.6 Å². The van der Waals surface area contributed by atoms with Gasteiger partial charge in [0.2, 0.25) is 0 Å². The zero-order valence-corrected chi connectivity index (χ0v) is 9.38. The van der Waals surface area contributed by atoms with Gasteiger partial charge in [-0.1, -0.05) is 11.6 Å². The van der Waals surface area contributed by atoms with Gasteiger partial charge in [0.1, 0.15) is 11.6 Å². The Morgan fingerprint density at radius 3 is 2.81 bits per heavy atom. The smallest absolute Gasteiger partial charge is 0.144 e. The lowest BCUT2D eigenvalue weighted by Gasteiger charge is -2.16. The number of halogens is 2. The minimum absolute atomic E-state index is 0.000802. The van der Waals surface area contributed by atoms with Crippen LogP contribution in [0, 0.1) is 5.82 Å². The summed E-state index contributed by atoms with van der Waals surface area (Å²) in [6, 6.07) is 2.38. The van der Waals surface area contributed by atoms with Gasteiger partial charge < -0.3 is 15.6 Å². The summed E-state index contributed by atoms with van der Waals surface area (Å²) in [6.45, 7) is 0.000802. The van der Waals surface area contributed by atoms with Crippen LogP contribution >= 0.6 is 11.6 Å². The summed E-state index contributed by atoms with van der Waals surface area (Å²) in [5.74, 6) is -0.154. The van der Waals surface area contributed by atoms with Gasteiger partial charge >= 0.3 is 0 Å². The van der Waals surface area contributed by atoms with E-state index in [1.807, 2.05) is 0 Å². The highest BCUT2D eigenvalue weighted by molar-refractivity contribution is 6.32. The molecule has 1 fully saturated rings. The van der Waals surface area contributed by atoms with Crippen LogP contribution in [0.3, 0.4) is 0 Å². The number of nitrogens with two attached hydrogens (primary N) is 1. The molecule has 1 aromatic carbocycles. The molecule has 0 amide bonds. The van der Waals surface area contributed by atoms with Crippen molar-refractivity contribution in [2.45, 2.75) is 25.0 Å². The summed E-state index contributed by atoms with van der Waals surface area (Å²) in [5.41, 5.74) is 5.67. The van der Waals surface area contributed by atoms with Crippen LogP contribution in [0.5, 0.6) is 5.75 Å². The van der Waals surface area contributed by atoms with E-state index in [1.165, 1.54) is 12.1 Å². The summed E-state index contributed by atoms with van der Waals surface area (Å²) in [6.07, 6.45) is 1.10. The SMILES string of the molecule is NCC(O)c1cc(F)cc(Cl)c1OC1CC1. The number of aliphatic hydroxyl groups excluding tert-OH is 1. The highest BCUT2D eigenvalue weighted by atomic mass is 35.5. The standard InChI is InChI=1S/C11H13ClFNO2/c12-9-4-6(13)3-8(10(15)5-14)11(9)16-7-1-2-7/h3-4,7,10,15H,1-2,5,14H2. The fraction of sp³-hybridized carbons (Fsp3) is 0.455. The lowest BCUT2D eigenvalue weighted by Crippen LogP contribution is -2.14. The van der Waals surface area contributed by atoms with Crippen LogP contribution in [-0.4, -0.2) is 17.8 Å². The van der Waals surface area contributed by atoms with E-state index in [9.17, 15) is 9.50 Å². The predicted octanol–water partition coefficient (Wildman–Crippen LogP) is 2.01. The summed E-state index contributed by atoms with van der Waals surface area (Å²) in [7, 11) is 0. The Morgan fingerprint density at radius 2 is 2.25 bits per heavy atom. The highest BCUT2D eigenvalue weighted by Crippen LogP contribution is 2.37. The first-order valence-electron chi connectivity index (χ1n) is 5.15. The van der Waals surface area contributed by atoms with Crippen LogP contribution in [-0.2, 0) is 0 Å². The molecule has 1 aliphatic carbocycles. The Hall–Kier alpha value is -0.840. The third kappa shape index (κ3) is 2.45. The molecular weight excluding hydrogens is 233 g/mol. The zero-order chi connectivity index (χ0) is 11.7. The molecule has 0 heterocycles. The van der Waals surface area contributed by atoms with Gasteiger partial charge in [0.25, 0.3) is 0 Å². The number of ether oxygens (including phenoxy) is 1. The van der Waals surface area contributed by atoms with Crippen LogP contribution < -0.4 is 10.5 Å². The molecule has 0 spiro atoms. The maximum atomic E-state index is 13.2. The van der Waals surface area contributed by atoms with Crippen molar-refractivity contribution in [3.63, 3.8) is 0 Å². The monoisotopic (exact) mass is 245 g/mol. The summed E-state index contributed by atoms with van der Waals surface area (Å²) in [5, 5.41) is 9.84. The number of hydrogen-bond donors (Lipinski definition) is 2. The maximum Gasteiger partial charge on any atom is 0.144 e. The van der Waals surface area contributed by atoms with Crippen molar-refractivity contribution in [3.8, 4) is 5.75 Å². The Balaban J connectivity index is 2.36. The second kappa shape index (κ2) is 4.57. The van der Waals surface area contributed by atoms with Crippen molar-refractivity contribution in [2.75, 3.05) is 6.54 Å². The van der Waals surface area contributed by atoms with Crippen molar-refractivity contribution in [3.05, 3.63) is 28.5 Å². The van der Waals surface area contributed by atoms with Crippen LogP contribution in [0.15, 0.2) is 12.1 Å². The fourth-order valence-electron chi connectivity index (χ4n) is 1.43. The zero-order valence-electron chi connectivity index (χ0n) is 8.62. The molecule has 0 aromatic heterocycles. The van der Waals surface area contributed by atoms with Crippen LogP contribution in [0.4, 0.5) is 4.39 Å². The lowest BCUT2D eigenvalue weighted by atomic mass is 10.1. The normalized spacial score (nSPS) is 17.2. The predicted molar refractivity (Wildman–Crippen MR) is 59.1 cm³/mol. The summed E-state index contributed by atoms with van der Waals surface area (Å²) >= 11 is 5.89. The van der Waals surface area contributed by atoms with Gasteiger partial charge in [0.15, 0.2) is 0 Å². The largest absolute Gasteiger partial charge is 0.488 e. The van der Waals surface area contributed by atoms with Crippen molar-refractivity contribution in [1.82, 2.24) is 0 Å². The Morgan fingerprint density at radius 1 is 1.56 bits per heavy atom. The third-order valence-corrected chi connectivity index (χ3v) is 2.71. The maximum absolute atomic E-state index is 13.2. The molecule has 1 aliphatic rings. The van der Waals surface area contributed by atoms with E-state index < -0.39 is 11.9 Å². The molecule has 88 valence electrons. The van der Waals surface area contributed by atoms with E-state index in [2.05, 4.69) is 0 Å². The number of aliphatic hydroxyl groups is 1. The van der Waals surface area contributed by atoms with Gasteiger partial charge in [0, 0.05) is 12.1 Å². The average Bonchev–Trinajstić information content (AvgIpc) is 3.04. The molecule has 16 heavy (non-hydrogen) atoms. The second-order valence-electron chi connectivity index (χ2n) is 3.87. The molecule has 0 aliphatic heterocycles. The third-order valence-electron chi connectivity index (χ3n) is 2.43. The number of hydrogen-bond acceptors (Lipinski definition) is 3. The molecule has 1 unspecified atom stereocenters. The van der Waals surface area contributed by atoms with Crippen molar-refractivity contribution < 1.29 is 14.2 Å². The van der Waals surface area contributed by atoms with E-state index in [0.717, 1.165) is 12.8 Å². The quantitative estimate of drug-likeness (QED) is 0.853. The molecule has 0 radical (unpaired) electrons. The molecule has 0 saturated heterocycles. The van der Waals surface area contributed by atoms with E-state index in [4.69, 9.17) is 22.1 Å². The van der Waals surface area contributed by atoms with Crippen molar-refractivity contribution in [2.24, 2.45) is 5.73 Å². The number of benzene rings is 1. The van der Waals surface area contributed by atoms with E-state index >= 15 is 0 Å². The van der Waals surface area contributed by atoms with E-state index in [-0.39, 0.29) is 17.7 Å². The molecule has 2 rings (SSSR count). The Labute approximate surface area is 98.0 Å². The first-order valence-corrected chi connectivity index (χ1v) is 5.53. The fourth-order valence-corrected chi connectivity index (χ4v) is 1.69. The van der Waals surface area contributed by atoms with Crippen LogP contribution in [0.1, 0.15) is 24.5 Å². The van der Waals surface area contributed by atoms with Crippen LogP contribution in [0.2, 0.25) is 5.02 Å². The Bertz CT molecular complexity index is 396. The molecular formula is C11H13ClFNO2. The average molecular weight is 246 g/mol. The van der Waals surface area contributed by atoms with Gasteiger partial charge in [0.05, 0.1) is 17.2 Å². The minimum atomic E-state index is -0.957. The lowest BCUT2D eigenvalue weighted by molar-refractivity contribution is 0.178. The molecule has 1 saturated carbocycles. The number of rotatable bonds is 4. The van der Waals surface area contributed by atoms with E-state index in [1.54, 1.807) is 0 Å². The second-order valence-corrected chi connectivity index (χ2v) is 4.28. The van der Waals surface area contributed by atoms with Gasteiger partial charge in [-0.25, -0.2) is 4.39 Å².